The van der Waals surface area contributed by atoms with Gasteiger partial charge in [0.05, 0.1) is 12.0 Å². The van der Waals surface area contributed by atoms with Crippen molar-refractivity contribution in [2.75, 3.05) is 13.1 Å². The standard InChI is InChI=1S/C18H23N3O3S2/c1-13-5-6-17(25-13)26(23,24)21-11-3-4-16(12-21)18(22)20-14(2)15-7-9-19-10-8-15/h5-10,14,16H,3-4,11-12H2,1-2H3,(H,20,22). The molecule has 140 valence electrons. The predicted octanol–water partition coefficient (Wildman–Crippen LogP) is 2.73. The van der Waals surface area contributed by atoms with E-state index in [2.05, 4.69) is 10.3 Å². The number of aryl methyl sites for hydroxylation is 1. The van der Waals surface area contributed by atoms with Crippen molar-refractivity contribution in [2.24, 2.45) is 5.92 Å². The third-order valence-electron chi connectivity index (χ3n) is 4.63. The lowest BCUT2D eigenvalue weighted by atomic mass is 9.98. The van der Waals surface area contributed by atoms with E-state index in [-0.39, 0.29) is 24.4 Å². The number of amides is 1. The molecule has 1 aliphatic heterocycles. The van der Waals surface area contributed by atoms with Crippen LogP contribution in [-0.4, -0.2) is 36.7 Å². The Hall–Kier alpha value is -1.77. The molecule has 1 saturated heterocycles. The van der Waals surface area contributed by atoms with Gasteiger partial charge < -0.3 is 5.32 Å². The number of nitrogens with one attached hydrogen (secondary N) is 1. The molecule has 1 N–H and O–H groups in total. The van der Waals surface area contributed by atoms with Gasteiger partial charge in [0.15, 0.2) is 0 Å². The number of rotatable bonds is 5. The van der Waals surface area contributed by atoms with Crippen LogP contribution in [0.15, 0.2) is 40.9 Å². The van der Waals surface area contributed by atoms with Crippen molar-refractivity contribution in [2.45, 2.75) is 36.9 Å². The molecular weight excluding hydrogens is 370 g/mol. The molecule has 6 nitrogen and oxygen atoms in total. The highest BCUT2D eigenvalue weighted by Crippen LogP contribution is 2.28. The Balaban J connectivity index is 1.67. The van der Waals surface area contributed by atoms with Crippen LogP contribution >= 0.6 is 11.3 Å². The first kappa shape index (κ1) is 19.0. The molecule has 0 spiro atoms. The number of nitrogens with zero attached hydrogens (tertiary/aromatic N) is 2. The summed E-state index contributed by atoms with van der Waals surface area (Å²) in [6.07, 6.45) is 4.77. The predicted molar refractivity (Wildman–Crippen MR) is 101 cm³/mol. The highest BCUT2D eigenvalue weighted by atomic mass is 32.2. The Morgan fingerprint density at radius 1 is 1.31 bits per heavy atom. The quantitative estimate of drug-likeness (QED) is 0.847. The zero-order valence-electron chi connectivity index (χ0n) is 14.9. The van der Waals surface area contributed by atoms with Crippen molar-refractivity contribution in [3.8, 4) is 0 Å². The minimum Gasteiger partial charge on any atom is -0.349 e. The molecule has 0 aromatic carbocycles. The van der Waals surface area contributed by atoms with Crippen LogP contribution in [0, 0.1) is 12.8 Å². The summed E-state index contributed by atoms with van der Waals surface area (Å²) in [6, 6.07) is 7.04. The number of carbonyl (C=O) groups is 1. The van der Waals surface area contributed by atoms with E-state index in [1.807, 2.05) is 32.0 Å². The second-order valence-corrected chi connectivity index (χ2v) is 10.0. The molecular formula is C18H23N3O3S2. The molecule has 3 heterocycles. The molecule has 0 radical (unpaired) electrons. The third kappa shape index (κ3) is 4.13. The van der Waals surface area contributed by atoms with Gasteiger partial charge in [0.25, 0.3) is 10.0 Å². The van der Waals surface area contributed by atoms with Crippen molar-refractivity contribution < 1.29 is 13.2 Å². The fraction of sp³-hybridized carbons (Fsp3) is 0.444. The van der Waals surface area contributed by atoms with E-state index < -0.39 is 10.0 Å². The second-order valence-electron chi connectivity index (χ2n) is 6.58. The largest absolute Gasteiger partial charge is 0.349 e. The molecule has 1 fully saturated rings. The van der Waals surface area contributed by atoms with E-state index in [9.17, 15) is 13.2 Å². The van der Waals surface area contributed by atoms with E-state index in [0.717, 1.165) is 10.4 Å². The van der Waals surface area contributed by atoms with Crippen LogP contribution in [-0.2, 0) is 14.8 Å². The van der Waals surface area contributed by atoms with E-state index in [4.69, 9.17) is 0 Å². The van der Waals surface area contributed by atoms with Gasteiger partial charge in [0.2, 0.25) is 5.91 Å². The zero-order valence-corrected chi connectivity index (χ0v) is 16.5. The van der Waals surface area contributed by atoms with Crippen molar-refractivity contribution in [3.05, 3.63) is 47.1 Å². The van der Waals surface area contributed by atoms with Crippen LogP contribution in [0.5, 0.6) is 0 Å². The van der Waals surface area contributed by atoms with Crippen LogP contribution in [0.3, 0.4) is 0 Å². The van der Waals surface area contributed by atoms with E-state index >= 15 is 0 Å². The van der Waals surface area contributed by atoms with Gasteiger partial charge in [-0.15, -0.1) is 11.3 Å². The number of hydrogen-bond acceptors (Lipinski definition) is 5. The van der Waals surface area contributed by atoms with Crippen LogP contribution in [0.2, 0.25) is 0 Å². The molecule has 2 atom stereocenters. The highest BCUT2D eigenvalue weighted by molar-refractivity contribution is 7.91. The van der Waals surface area contributed by atoms with Crippen molar-refractivity contribution in [1.82, 2.24) is 14.6 Å². The Kier molecular flexibility index (Phi) is 5.74. The summed E-state index contributed by atoms with van der Waals surface area (Å²) in [5.74, 6) is -0.430. The zero-order chi connectivity index (χ0) is 18.7. The molecule has 2 unspecified atom stereocenters. The van der Waals surface area contributed by atoms with Crippen LogP contribution < -0.4 is 5.32 Å². The number of thiophene rings is 1. The summed E-state index contributed by atoms with van der Waals surface area (Å²) in [7, 11) is -3.52. The molecule has 26 heavy (non-hydrogen) atoms. The van der Waals surface area contributed by atoms with Crippen molar-refractivity contribution >= 4 is 27.3 Å². The summed E-state index contributed by atoms with van der Waals surface area (Å²) in [5, 5.41) is 3.00. The Morgan fingerprint density at radius 3 is 2.69 bits per heavy atom. The lowest BCUT2D eigenvalue weighted by molar-refractivity contribution is -0.126. The molecule has 0 saturated carbocycles. The number of carbonyl (C=O) groups excluding carboxylic acids is 1. The average molecular weight is 394 g/mol. The number of sulfonamides is 1. The third-order valence-corrected chi connectivity index (χ3v) is 7.96. The Labute approximate surface area is 158 Å². The molecule has 1 aliphatic rings. The monoisotopic (exact) mass is 393 g/mol. The molecule has 0 bridgehead atoms. The normalized spacial score (nSPS) is 19.8. The van der Waals surface area contributed by atoms with Gasteiger partial charge >= 0.3 is 0 Å². The van der Waals surface area contributed by atoms with Crippen LogP contribution in [0.1, 0.15) is 36.2 Å². The van der Waals surface area contributed by atoms with Gasteiger partial charge in [-0.2, -0.15) is 4.31 Å². The van der Waals surface area contributed by atoms with Gasteiger partial charge in [0, 0.05) is 30.4 Å². The smallest absolute Gasteiger partial charge is 0.252 e. The minimum absolute atomic E-state index is 0.100. The highest BCUT2D eigenvalue weighted by Gasteiger charge is 2.34. The van der Waals surface area contributed by atoms with Crippen LogP contribution in [0.25, 0.3) is 0 Å². The summed E-state index contributed by atoms with van der Waals surface area (Å²) in [6.45, 7) is 4.49. The Bertz CT molecular complexity index is 865. The summed E-state index contributed by atoms with van der Waals surface area (Å²) >= 11 is 1.27. The fourth-order valence-electron chi connectivity index (χ4n) is 3.12. The average Bonchev–Trinajstić information content (AvgIpc) is 3.10. The van der Waals surface area contributed by atoms with Crippen molar-refractivity contribution in [1.29, 1.82) is 0 Å². The second kappa shape index (κ2) is 7.85. The maximum Gasteiger partial charge on any atom is 0.252 e. The fourth-order valence-corrected chi connectivity index (χ4v) is 6.08. The first-order valence-electron chi connectivity index (χ1n) is 8.65. The van der Waals surface area contributed by atoms with Gasteiger partial charge in [-0.1, -0.05) is 0 Å². The Morgan fingerprint density at radius 2 is 2.04 bits per heavy atom. The molecule has 0 aliphatic carbocycles. The SMILES string of the molecule is Cc1ccc(S(=O)(=O)N2CCCC(C(=O)NC(C)c3ccncc3)C2)s1. The number of piperidine rings is 1. The molecule has 2 aromatic rings. The van der Waals surface area contributed by atoms with Crippen LogP contribution in [0.4, 0.5) is 0 Å². The van der Waals surface area contributed by atoms with Gasteiger partial charge in [-0.05, 0) is 56.5 Å². The van der Waals surface area contributed by atoms with Crippen molar-refractivity contribution in [3.63, 3.8) is 0 Å². The molecule has 2 aromatic heterocycles. The minimum atomic E-state index is -3.52. The number of hydrogen-bond donors (Lipinski definition) is 1. The first-order valence-corrected chi connectivity index (χ1v) is 10.9. The molecule has 1 amide bonds. The van der Waals surface area contributed by atoms with Gasteiger partial charge in [-0.25, -0.2) is 8.42 Å². The lowest BCUT2D eigenvalue weighted by Gasteiger charge is -2.31. The van der Waals surface area contributed by atoms with E-state index in [1.54, 1.807) is 18.5 Å². The summed E-state index contributed by atoms with van der Waals surface area (Å²) in [5.41, 5.74) is 0.975. The lowest BCUT2D eigenvalue weighted by Crippen LogP contribution is -2.45. The first-order chi connectivity index (χ1) is 12.4. The number of aromatic nitrogens is 1. The molecule has 8 heteroatoms. The topological polar surface area (TPSA) is 79.4 Å². The van der Waals surface area contributed by atoms with Gasteiger partial charge in [-0.3, -0.25) is 9.78 Å². The van der Waals surface area contributed by atoms with Gasteiger partial charge in [0.1, 0.15) is 4.21 Å². The van der Waals surface area contributed by atoms with E-state index in [1.165, 1.54) is 15.6 Å². The molecule has 3 rings (SSSR count). The van der Waals surface area contributed by atoms with E-state index in [0.29, 0.717) is 23.6 Å². The summed E-state index contributed by atoms with van der Waals surface area (Å²) in [4.78, 5) is 17.6. The summed E-state index contributed by atoms with van der Waals surface area (Å²) < 4.78 is 27.4. The number of pyridine rings is 1. The maximum absolute atomic E-state index is 12.8. The maximum atomic E-state index is 12.8.